The number of piperazine rings is 1. The molecule has 0 aliphatic carbocycles. The highest BCUT2D eigenvalue weighted by molar-refractivity contribution is 5.96. The molecule has 1 amide bonds. The van der Waals surface area contributed by atoms with Crippen LogP contribution in [0.15, 0.2) is 4.52 Å². The molecule has 1 saturated heterocycles. The van der Waals surface area contributed by atoms with Gasteiger partial charge in [-0.3, -0.25) is 4.79 Å². The summed E-state index contributed by atoms with van der Waals surface area (Å²) in [5, 5.41) is 7.12. The quantitative estimate of drug-likeness (QED) is 0.762. The molecule has 1 aromatic heterocycles. The monoisotopic (exact) mass is 223 g/mol. The summed E-state index contributed by atoms with van der Waals surface area (Å²) in [6.45, 7) is 7.98. The van der Waals surface area contributed by atoms with E-state index in [4.69, 9.17) is 4.52 Å². The predicted molar refractivity (Wildman–Crippen MR) is 59.3 cm³/mol. The van der Waals surface area contributed by atoms with E-state index >= 15 is 0 Å². The molecule has 5 nitrogen and oxygen atoms in total. The average molecular weight is 223 g/mol. The maximum absolute atomic E-state index is 12.2. The average Bonchev–Trinajstić information content (AvgIpc) is 2.58. The standard InChI is InChI=1S/C11H17N3O2/c1-7-6-14(5-4-12-7)11(15)10-8(2)13-16-9(10)3/h7,12H,4-6H2,1-3H3/t7-/m1/s1. The highest BCUT2D eigenvalue weighted by atomic mass is 16.5. The predicted octanol–water partition coefficient (Wildman–Crippen LogP) is 0.725. The van der Waals surface area contributed by atoms with E-state index in [0.29, 0.717) is 23.1 Å². The maximum Gasteiger partial charge on any atom is 0.259 e. The lowest BCUT2D eigenvalue weighted by atomic mass is 10.1. The SMILES string of the molecule is Cc1noc(C)c1C(=O)N1CCN[C@H](C)C1. The molecule has 16 heavy (non-hydrogen) atoms. The van der Waals surface area contributed by atoms with Crippen molar-refractivity contribution in [2.45, 2.75) is 26.8 Å². The van der Waals surface area contributed by atoms with E-state index in [9.17, 15) is 4.79 Å². The summed E-state index contributed by atoms with van der Waals surface area (Å²) < 4.78 is 5.02. The molecule has 0 saturated carbocycles. The van der Waals surface area contributed by atoms with Gasteiger partial charge >= 0.3 is 0 Å². The van der Waals surface area contributed by atoms with Gasteiger partial charge in [-0.2, -0.15) is 0 Å². The molecule has 0 spiro atoms. The van der Waals surface area contributed by atoms with Gasteiger partial charge in [0.15, 0.2) is 0 Å². The Morgan fingerprint density at radius 2 is 2.31 bits per heavy atom. The molecule has 5 heteroatoms. The van der Waals surface area contributed by atoms with Crippen molar-refractivity contribution >= 4 is 5.91 Å². The lowest BCUT2D eigenvalue weighted by molar-refractivity contribution is 0.0706. The topological polar surface area (TPSA) is 58.4 Å². The van der Waals surface area contributed by atoms with E-state index in [1.807, 2.05) is 4.90 Å². The van der Waals surface area contributed by atoms with E-state index in [-0.39, 0.29) is 5.91 Å². The van der Waals surface area contributed by atoms with Crippen LogP contribution >= 0.6 is 0 Å². The van der Waals surface area contributed by atoms with E-state index in [2.05, 4.69) is 17.4 Å². The number of rotatable bonds is 1. The van der Waals surface area contributed by atoms with E-state index in [1.165, 1.54) is 0 Å². The number of carbonyl (C=O) groups is 1. The molecule has 2 rings (SSSR count). The van der Waals surface area contributed by atoms with Crippen LogP contribution in [0.4, 0.5) is 0 Å². The Labute approximate surface area is 94.8 Å². The van der Waals surface area contributed by atoms with E-state index in [1.54, 1.807) is 13.8 Å². The number of hydrogen-bond acceptors (Lipinski definition) is 4. The van der Waals surface area contributed by atoms with Gasteiger partial charge in [0, 0.05) is 25.7 Å². The van der Waals surface area contributed by atoms with Gasteiger partial charge in [0.05, 0.1) is 5.69 Å². The van der Waals surface area contributed by atoms with Gasteiger partial charge in [-0.05, 0) is 20.8 Å². The molecule has 1 N–H and O–H groups in total. The van der Waals surface area contributed by atoms with Gasteiger partial charge in [-0.25, -0.2) is 0 Å². The molecule has 1 fully saturated rings. The number of nitrogens with zero attached hydrogens (tertiary/aromatic N) is 2. The van der Waals surface area contributed by atoms with Gasteiger partial charge in [-0.1, -0.05) is 5.16 Å². The van der Waals surface area contributed by atoms with Crippen LogP contribution < -0.4 is 5.32 Å². The molecule has 1 atom stereocenters. The second-order valence-electron chi connectivity index (χ2n) is 4.31. The highest BCUT2D eigenvalue weighted by Crippen LogP contribution is 2.15. The Balaban J connectivity index is 2.18. The smallest absolute Gasteiger partial charge is 0.259 e. The molecular formula is C11H17N3O2. The second kappa shape index (κ2) is 4.25. The van der Waals surface area contributed by atoms with Gasteiger partial charge in [-0.15, -0.1) is 0 Å². The van der Waals surface area contributed by atoms with Crippen LogP contribution in [-0.2, 0) is 0 Å². The van der Waals surface area contributed by atoms with Crippen LogP contribution in [0.3, 0.4) is 0 Å². The Morgan fingerprint density at radius 3 is 2.88 bits per heavy atom. The van der Waals surface area contributed by atoms with Crippen molar-refractivity contribution in [1.29, 1.82) is 0 Å². The molecule has 0 radical (unpaired) electrons. The summed E-state index contributed by atoms with van der Waals surface area (Å²) >= 11 is 0. The van der Waals surface area contributed by atoms with Crippen molar-refractivity contribution in [1.82, 2.24) is 15.4 Å². The summed E-state index contributed by atoms with van der Waals surface area (Å²) in [5.41, 5.74) is 1.29. The van der Waals surface area contributed by atoms with Crippen molar-refractivity contribution in [3.8, 4) is 0 Å². The third kappa shape index (κ3) is 1.95. The Bertz CT molecular complexity index is 380. The molecular weight excluding hydrogens is 206 g/mol. The zero-order valence-corrected chi connectivity index (χ0v) is 9.91. The third-order valence-electron chi connectivity index (χ3n) is 2.90. The summed E-state index contributed by atoms with van der Waals surface area (Å²) in [6, 6.07) is 0.346. The fourth-order valence-electron chi connectivity index (χ4n) is 2.06. The van der Waals surface area contributed by atoms with Crippen LogP contribution in [0.1, 0.15) is 28.7 Å². The molecule has 1 aliphatic heterocycles. The molecule has 88 valence electrons. The van der Waals surface area contributed by atoms with Crippen molar-refractivity contribution in [3.63, 3.8) is 0 Å². The van der Waals surface area contributed by atoms with Gasteiger partial charge in [0.25, 0.3) is 5.91 Å². The van der Waals surface area contributed by atoms with Crippen LogP contribution in [0.5, 0.6) is 0 Å². The number of aromatic nitrogens is 1. The lowest BCUT2D eigenvalue weighted by Crippen LogP contribution is -2.51. The second-order valence-corrected chi connectivity index (χ2v) is 4.31. The Morgan fingerprint density at radius 1 is 1.56 bits per heavy atom. The molecule has 0 aromatic carbocycles. The summed E-state index contributed by atoms with van der Waals surface area (Å²) in [4.78, 5) is 14.1. The number of aryl methyl sites for hydroxylation is 2. The first-order valence-corrected chi connectivity index (χ1v) is 5.55. The van der Waals surface area contributed by atoms with Crippen molar-refractivity contribution in [2.24, 2.45) is 0 Å². The third-order valence-corrected chi connectivity index (χ3v) is 2.90. The van der Waals surface area contributed by atoms with Crippen molar-refractivity contribution in [2.75, 3.05) is 19.6 Å². The summed E-state index contributed by atoms with van der Waals surface area (Å²) in [5.74, 6) is 0.637. The van der Waals surface area contributed by atoms with Crippen LogP contribution in [0.25, 0.3) is 0 Å². The van der Waals surface area contributed by atoms with E-state index < -0.39 is 0 Å². The number of hydrogen-bond donors (Lipinski definition) is 1. The van der Waals surface area contributed by atoms with Crippen molar-refractivity contribution in [3.05, 3.63) is 17.0 Å². The Kier molecular flexibility index (Phi) is 2.96. The highest BCUT2D eigenvalue weighted by Gasteiger charge is 2.26. The molecule has 1 aromatic rings. The van der Waals surface area contributed by atoms with E-state index in [0.717, 1.165) is 19.6 Å². The minimum Gasteiger partial charge on any atom is -0.361 e. The summed E-state index contributed by atoms with van der Waals surface area (Å²) in [6.07, 6.45) is 0. The first kappa shape index (κ1) is 11.1. The molecule has 0 unspecified atom stereocenters. The molecule has 1 aliphatic rings. The minimum absolute atomic E-state index is 0.0320. The zero-order chi connectivity index (χ0) is 11.7. The number of amides is 1. The lowest BCUT2D eigenvalue weighted by Gasteiger charge is -2.31. The normalized spacial score (nSPS) is 21.2. The largest absolute Gasteiger partial charge is 0.361 e. The van der Waals surface area contributed by atoms with Gasteiger partial charge in [0.2, 0.25) is 0 Å². The summed E-state index contributed by atoms with van der Waals surface area (Å²) in [7, 11) is 0. The fourth-order valence-corrected chi connectivity index (χ4v) is 2.06. The van der Waals surface area contributed by atoms with Crippen LogP contribution in [-0.4, -0.2) is 41.6 Å². The maximum atomic E-state index is 12.2. The van der Waals surface area contributed by atoms with Gasteiger partial charge < -0.3 is 14.7 Å². The van der Waals surface area contributed by atoms with Crippen LogP contribution in [0, 0.1) is 13.8 Å². The van der Waals surface area contributed by atoms with Crippen molar-refractivity contribution < 1.29 is 9.32 Å². The number of nitrogens with one attached hydrogen (secondary N) is 1. The van der Waals surface area contributed by atoms with Gasteiger partial charge in [0.1, 0.15) is 11.3 Å². The molecule has 2 heterocycles. The van der Waals surface area contributed by atoms with Crippen LogP contribution in [0.2, 0.25) is 0 Å². The Hall–Kier alpha value is -1.36. The first-order valence-electron chi connectivity index (χ1n) is 5.55. The zero-order valence-electron chi connectivity index (χ0n) is 9.91. The molecule has 0 bridgehead atoms. The first-order chi connectivity index (χ1) is 7.59. The minimum atomic E-state index is 0.0320. The fraction of sp³-hybridized carbons (Fsp3) is 0.636. The number of carbonyl (C=O) groups excluding carboxylic acids is 1.